The van der Waals surface area contributed by atoms with E-state index in [0.717, 1.165) is 36.2 Å². The van der Waals surface area contributed by atoms with Crippen LogP contribution < -0.4 is 10.6 Å². The number of nitrogens with zero attached hydrogens (tertiary/aromatic N) is 1. The third-order valence-electron chi connectivity index (χ3n) is 4.15. The zero-order valence-electron chi connectivity index (χ0n) is 13.4. The summed E-state index contributed by atoms with van der Waals surface area (Å²) in [4.78, 5) is 27.1. The van der Waals surface area contributed by atoms with Crippen LogP contribution in [0.2, 0.25) is 0 Å². The topological polar surface area (TPSA) is 91.3 Å². The first-order valence-corrected chi connectivity index (χ1v) is 7.90. The zero-order valence-corrected chi connectivity index (χ0v) is 13.4. The highest BCUT2D eigenvalue weighted by Crippen LogP contribution is 2.24. The molecule has 1 atom stereocenters. The second-order valence-electron chi connectivity index (χ2n) is 5.85. The second kappa shape index (κ2) is 6.80. The second-order valence-corrected chi connectivity index (χ2v) is 5.85. The maximum atomic E-state index is 12.1. The van der Waals surface area contributed by atoms with Gasteiger partial charge in [-0.1, -0.05) is 18.2 Å². The van der Waals surface area contributed by atoms with Gasteiger partial charge in [-0.25, -0.2) is 9.78 Å². The number of carbonyl (C=O) groups is 2. The number of hydrogen-bond acceptors (Lipinski definition) is 4. The van der Waals surface area contributed by atoms with Crippen LogP contribution >= 0.6 is 0 Å². The van der Waals surface area contributed by atoms with Crippen molar-refractivity contribution in [3.05, 3.63) is 47.8 Å². The van der Waals surface area contributed by atoms with Crippen molar-refractivity contribution in [2.45, 2.75) is 25.8 Å². The van der Waals surface area contributed by atoms with Crippen LogP contribution in [0.3, 0.4) is 0 Å². The molecule has 1 aliphatic rings. The summed E-state index contributed by atoms with van der Waals surface area (Å²) < 4.78 is 0. The van der Waals surface area contributed by atoms with Crippen molar-refractivity contribution in [1.82, 2.24) is 10.3 Å². The minimum Gasteiger partial charge on any atom is -0.477 e. The molecule has 0 saturated carbocycles. The van der Waals surface area contributed by atoms with Crippen molar-refractivity contribution < 1.29 is 14.7 Å². The van der Waals surface area contributed by atoms with E-state index in [9.17, 15) is 9.59 Å². The number of aromatic nitrogens is 1. The van der Waals surface area contributed by atoms with Crippen molar-refractivity contribution in [3.8, 4) is 11.1 Å². The number of amides is 1. The van der Waals surface area contributed by atoms with Gasteiger partial charge in [0, 0.05) is 16.9 Å². The molecule has 0 spiro atoms. The Morgan fingerprint density at radius 3 is 2.54 bits per heavy atom. The minimum atomic E-state index is -1.04. The SMILES string of the molecule is Cc1nc(C(=O)O)ccc1-c1ccc(NC(=O)[C@H]2CCCN2)cc1. The Labute approximate surface area is 139 Å². The predicted octanol–water partition coefficient (Wildman–Crippen LogP) is 2.45. The van der Waals surface area contributed by atoms with E-state index in [1.165, 1.54) is 6.07 Å². The smallest absolute Gasteiger partial charge is 0.354 e. The lowest BCUT2D eigenvalue weighted by Gasteiger charge is -2.12. The summed E-state index contributed by atoms with van der Waals surface area (Å²) in [5.41, 5.74) is 3.22. The van der Waals surface area contributed by atoms with Crippen LogP contribution in [0.25, 0.3) is 11.1 Å². The highest BCUT2D eigenvalue weighted by molar-refractivity contribution is 5.95. The Morgan fingerprint density at radius 1 is 1.21 bits per heavy atom. The standard InChI is InChI=1S/C18H19N3O3/c1-11-14(8-9-16(20-11)18(23)24)12-4-6-13(7-5-12)21-17(22)15-3-2-10-19-15/h4-9,15,19H,2-3,10H2,1H3,(H,21,22)(H,23,24)/t15-/m1/s1. The third kappa shape index (κ3) is 3.44. The van der Waals surface area contributed by atoms with E-state index in [1.807, 2.05) is 24.3 Å². The number of pyridine rings is 1. The zero-order chi connectivity index (χ0) is 17.1. The Kier molecular flexibility index (Phi) is 4.57. The fourth-order valence-corrected chi connectivity index (χ4v) is 2.86. The predicted molar refractivity (Wildman–Crippen MR) is 91.0 cm³/mol. The Bertz CT molecular complexity index is 766. The summed E-state index contributed by atoms with van der Waals surface area (Å²) in [6, 6.07) is 10.6. The van der Waals surface area contributed by atoms with E-state index in [-0.39, 0.29) is 17.6 Å². The highest BCUT2D eigenvalue weighted by atomic mass is 16.4. The molecule has 0 aliphatic carbocycles. The molecule has 6 heteroatoms. The van der Waals surface area contributed by atoms with Crippen LogP contribution in [0.5, 0.6) is 0 Å². The molecule has 1 saturated heterocycles. The molecule has 0 unspecified atom stereocenters. The van der Waals surface area contributed by atoms with Crippen molar-refractivity contribution in [1.29, 1.82) is 0 Å². The van der Waals surface area contributed by atoms with Gasteiger partial charge < -0.3 is 15.7 Å². The number of hydrogen-bond donors (Lipinski definition) is 3. The van der Waals surface area contributed by atoms with Gasteiger partial charge in [0.2, 0.25) is 5.91 Å². The van der Waals surface area contributed by atoms with Crippen LogP contribution in [0.4, 0.5) is 5.69 Å². The van der Waals surface area contributed by atoms with Gasteiger partial charge in [0.1, 0.15) is 5.69 Å². The van der Waals surface area contributed by atoms with E-state index in [2.05, 4.69) is 15.6 Å². The van der Waals surface area contributed by atoms with E-state index in [4.69, 9.17) is 5.11 Å². The van der Waals surface area contributed by atoms with Crippen molar-refractivity contribution >= 4 is 17.6 Å². The molecule has 0 radical (unpaired) electrons. The molecule has 3 rings (SSSR count). The van der Waals surface area contributed by atoms with Crippen molar-refractivity contribution in [2.75, 3.05) is 11.9 Å². The average Bonchev–Trinajstić information content (AvgIpc) is 3.10. The Balaban J connectivity index is 1.74. The van der Waals surface area contributed by atoms with Gasteiger partial charge >= 0.3 is 5.97 Å². The summed E-state index contributed by atoms with van der Waals surface area (Å²) in [5.74, 6) is -1.05. The number of anilines is 1. The average molecular weight is 325 g/mol. The fourth-order valence-electron chi connectivity index (χ4n) is 2.86. The number of carbonyl (C=O) groups excluding carboxylic acids is 1. The first-order chi connectivity index (χ1) is 11.5. The first kappa shape index (κ1) is 16.1. The van der Waals surface area contributed by atoms with Gasteiger partial charge in [-0.3, -0.25) is 4.79 Å². The number of nitrogens with one attached hydrogen (secondary N) is 2. The Morgan fingerprint density at radius 2 is 1.96 bits per heavy atom. The molecule has 1 fully saturated rings. The van der Waals surface area contributed by atoms with Crippen LogP contribution in [0, 0.1) is 6.92 Å². The molecule has 1 aromatic carbocycles. The Hall–Kier alpha value is -2.73. The van der Waals surface area contributed by atoms with E-state index >= 15 is 0 Å². The van der Waals surface area contributed by atoms with Crippen molar-refractivity contribution in [2.24, 2.45) is 0 Å². The molecular formula is C18H19N3O3. The summed E-state index contributed by atoms with van der Waals surface area (Å²) in [6.07, 6.45) is 1.89. The molecule has 3 N–H and O–H groups in total. The molecule has 0 bridgehead atoms. The molecule has 124 valence electrons. The number of rotatable bonds is 4. The number of aromatic carboxylic acids is 1. The van der Waals surface area contributed by atoms with Gasteiger partial charge in [0.25, 0.3) is 0 Å². The quantitative estimate of drug-likeness (QED) is 0.803. The summed E-state index contributed by atoms with van der Waals surface area (Å²) in [7, 11) is 0. The molecule has 24 heavy (non-hydrogen) atoms. The van der Waals surface area contributed by atoms with Gasteiger partial charge in [-0.15, -0.1) is 0 Å². The van der Waals surface area contributed by atoms with Crippen LogP contribution in [-0.2, 0) is 4.79 Å². The lowest BCUT2D eigenvalue weighted by atomic mass is 10.0. The fraction of sp³-hybridized carbons (Fsp3) is 0.278. The normalized spacial score (nSPS) is 16.8. The summed E-state index contributed by atoms with van der Waals surface area (Å²) in [6.45, 7) is 2.67. The molecule has 1 amide bonds. The number of carboxylic acid groups (broad SMARTS) is 1. The van der Waals surface area contributed by atoms with Gasteiger partial charge in [0.05, 0.1) is 6.04 Å². The van der Waals surface area contributed by atoms with Crippen LogP contribution in [-0.4, -0.2) is 34.6 Å². The number of benzene rings is 1. The minimum absolute atomic E-state index is 0.0103. The molecule has 1 aliphatic heterocycles. The van der Waals surface area contributed by atoms with Gasteiger partial charge in [-0.2, -0.15) is 0 Å². The third-order valence-corrected chi connectivity index (χ3v) is 4.15. The summed E-state index contributed by atoms with van der Waals surface area (Å²) >= 11 is 0. The maximum absolute atomic E-state index is 12.1. The van der Waals surface area contributed by atoms with Crippen LogP contribution in [0.15, 0.2) is 36.4 Å². The first-order valence-electron chi connectivity index (χ1n) is 7.90. The molecular weight excluding hydrogens is 306 g/mol. The lowest BCUT2D eigenvalue weighted by Crippen LogP contribution is -2.35. The maximum Gasteiger partial charge on any atom is 0.354 e. The molecule has 2 aromatic rings. The molecule has 1 aromatic heterocycles. The van der Waals surface area contributed by atoms with Gasteiger partial charge in [0.15, 0.2) is 0 Å². The van der Waals surface area contributed by atoms with E-state index in [0.29, 0.717) is 5.69 Å². The van der Waals surface area contributed by atoms with Crippen molar-refractivity contribution in [3.63, 3.8) is 0 Å². The highest BCUT2D eigenvalue weighted by Gasteiger charge is 2.21. The van der Waals surface area contributed by atoms with Gasteiger partial charge in [-0.05, 0) is 50.1 Å². The van der Waals surface area contributed by atoms with Crippen LogP contribution in [0.1, 0.15) is 29.0 Å². The number of aryl methyl sites for hydroxylation is 1. The molecule has 2 heterocycles. The lowest BCUT2D eigenvalue weighted by molar-refractivity contribution is -0.117. The van der Waals surface area contributed by atoms with E-state index < -0.39 is 5.97 Å². The number of carboxylic acids is 1. The largest absolute Gasteiger partial charge is 0.477 e. The van der Waals surface area contributed by atoms with E-state index in [1.54, 1.807) is 13.0 Å². The monoisotopic (exact) mass is 325 g/mol. The summed E-state index contributed by atoms with van der Waals surface area (Å²) in [5, 5.41) is 15.0. The molecule has 6 nitrogen and oxygen atoms in total.